The molecule has 1 atom stereocenters. The molecule has 0 aromatic heterocycles. The Labute approximate surface area is 135 Å². The van der Waals surface area contributed by atoms with E-state index in [0.717, 1.165) is 29.5 Å². The lowest BCUT2D eigenvalue weighted by Crippen LogP contribution is -2.11. The van der Waals surface area contributed by atoms with Gasteiger partial charge in [0, 0.05) is 5.25 Å². The second kappa shape index (κ2) is 7.01. The predicted molar refractivity (Wildman–Crippen MR) is 92.1 cm³/mol. The Balaban J connectivity index is 1.78. The van der Waals surface area contributed by atoms with E-state index < -0.39 is 11.2 Å². The van der Waals surface area contributed by atoms with Crippen LogP contribution < -0.4 is 0 Å². The number of aliphatic carboxylic acids is 1. The number of carboxylic acid groups (broad SMARTS) is 1. The molecule has 0 aliphatic heterocycles. The Hall–Kier alpha value is -1.74. The van der Waals surface area contributed by atoms with Gasteiger partial charge >= 0.3 is 5.97 Å². The molecule has 0 saturated heterocycles. The van der Waals surface area contributed by atoms with Gasteiger partial charge in [0.1, 0.15) is 5.25 Å². The Morgan fingerprint density at radius 2 is 1.55 bits per heavy atom. The Morgan fingerprint density at radius 3 is 2.14 bits per heavy atom. The van der Waals surface area contributed by atoms with Crippen LogP contribution in [0.4, 0.5) is 0 Å². The van der Waals surface area contributed by atoms with E-state index in [2.05, 4.69) is 12.1 Å². The average molecular weight is 312 g/mol. The van der Waals surface area contributed by atoms with Crippen LogP contribution in [0, 0.1) is 0 Å². The highest BCUT2D eigenvalue weighted by Crippen LogP contribution is 2.40. The van der Waals surface area contributed by atoms with Crippen LogP contribution in [-0.2, 0) is 4.79 Å². The molecule has 2 nitrogen and oxygen atoms in total. The van der Waals surface area contributed by atoms with Crippen molar-refractivity contribution in [2.45, 2.75) is 36.2 Å². The lowest BCUT2D eigenvalue weighted by molar-refractivity contribution is -0.136. The van der Waals surface area contributed by atoms with Gasteiger partial charge in [-0.2, -0.15) is 0 Å². The number of benzene rings is 2. The molecule has 0 amide bonds. The van der Waals surface area contributed by atoms with Crippen molar-refractivity contribution >= 4 is 17.7 Å². The summed E-state index contributed by atoms with van der Waals surface area (Å²) in [5, 5.41) is 9.60. The van der Waals surface area contributed by atoms with Crippen LogP contribution in [0.15, 0.2) is 54.6 Å². The zero-order valence-electron chi connectivity index (χ0n) is 12.4. The Morgan fingerprint density at radius 1 is 0.955 bits per heavy atom. The fourth-order valence-electron chi connectivity index (χ4n) is 2.98. The molecular formula is C19H20O2S. The van der Waals surface area contributed by atoms with Crippen molar-refractivity contribution < 1.29 is 9.90 Å². The average Bonchev–Trinajstić information content (AvgIpc) is 3.07. The molecule has 0 radical (unpaired) electrons. The Kier molecular flexibility index (Phi) is 4.84. The summed E-state index contributed by atoms with van der Waals surface area (Å²) in [6.45, 7) is 0. The van der Waals surface area contributed by atoms with E-state index in [0.29, 0.717) is 5.25 Å². The quantitative estimate of drug-likeness (QED) is 0.829. The first-order valence-electron chi connectivity index (χ1n) is 7.78. The molecule has 22 heavy (non-hydrogen) atoms. The molecule has 0 bridgehead atoms. The number of carboxylic acids is 1. The molecule has 3 heteroatoms. The predicted octanol–water partition coefficient (Wildman–Crippen LogP) is 5.16. The maximum atomic E-state index is 11.6. The van der Waals surface area contributed by atoms with Crippen molar-refractivity contribution in [2.24, 2.45) is 0 Å². The minimum Gasteiger partial charge on any atom is -0.480 e. The van der Waals surface area contributed by atoms with Crippen LogP contribution in [0.1, 0.15) is 36.5 Å². The van der Waals surface area contributed by atoms with Crippen LogP contribution in [0.5, 0.6) is 0 Å². The van der Waals surface area contributed by atoms with Gasteiger partial charge in [0.2, 0.25) is 0 Å². The number of carbonyl (C=O) groups is 1. The zero-order chi connectivity index (χ0) is 15.4. The van der Waals surface area contributed by atoms with Gasteiger partial charge in [0.15, 0.2) is 0 Å². The third kappa shape index (κ3) is 3.53. The van der Waals surface area contributed by atoms with Crippen LogP contribution >= 0.6 is 11.8 Å². The third-order valence-corrected chi connectivity index (χ3v) is 5.78. The van der Waals surface area contributed by atoms with E-state index in [1.54, 1.807) is 11.8 Å². The minimum absolute atomic E-state index is 0.451. The smallest absolute Gasteiger partial charge is 0.321 e. The number of hydrogen-bond acceptors (Lipinski definition) is 2. The molecule has 1 N–H and O–H groups in total. The molecule has 0 spiro atoms. The first kappa shape index (κ1) is 15.2. The summed E-state index contributed by atoms with van der Waals surface area (Å²) >= 11 is 1.62. The summed E-state index contributed by atoms with van der Waals surface area (Å²) in [4.78, 5) is 11.6. The summed E-state index contributed by atoms with van der Waals surface area (Å²) in [5.74, 6) is -0.732. The van der Waals surface area contributed by atoms with Gasteiger partial charge in [0.05, 0.1) is 0 Å². The molecule has 2 aromatic rings. The monoisotopic (exact) mass is 312 g/mol. The van der Waals surface area contributed by atoms with Crippen molar-refractivity contribution in [3.63, 3.8) is 0 Å². The number of hydrogen-bond donors (Lipinski definition) is 1. The topological polar surface area (TPSA) is 37.3 Å². The molecule has 1 aliphatic rings. The van der Waals surface area contributed by atoms with Crippen LogP contribution in [0.3, 0.4) is 0 Å². The van der Waals surface area contributed by atoms with Gasteiger partial charge in [-0.25, -0.2) is 0 Å². The number of thioether (sulfide) groups is 1. The van der Waals surface area contributed by atoms with E-state index in [1.807, 2.05) is 42.5 Å². The Bertz CT molecular complexity index is 616. The van der Waals surface area contributed by atoms with Crippen molar-refractivity contribution in [3.8, 4) is 11.1 Å². The summed E-state index contributed by atoms with van der Waals surface area (Å²) in [6.07, 6.45) is 4.76. The van der Waals surface area contributed by atoms with Crippen LogP contribution in [-0.4, -0.2) is 16.3 Å². The summed E-state index contributed by atoms with van der Waals surface area (Å²) in [5.41, 5.74) is 3.17. The fraction of sp³-hybridized carbons (Fsp3) is 0.316. The standard InChI is InChI=1S/C19H20O2S/c20-19(21)18(22-17-8-4-5-9-17)16-12-10-15(11-13-16)14-6-2-1-3-7-14/h1-3,6-7,10-13,17-18H,4-5,8-9H2,(H,20,21)/t18-/m1/s1. The van der Waals surface area contributed by atoms with Crippen molar-refractivity contribution in [1.82, 2.24) is 0 Å². The lowest BCUT2D eigenvalue weighted by atomic mass is 10.0. The van der Waals surface area contributed by atoms with Gasteiger partial charge < -0.3 is 5.11 Å². The maximum Gasteiger partial charge on any atom is 0.321 e. The maximum absolute atomic E-state index is 11.6. The van der Waals surface area contributed by atoms with E-state index in [9.17, 15) is 9.90 Å². The van der Waals surface area contributed by atoms with E-state index in [1.165, 1.54) is 12.8 Å². The molecule has 0 heterocycles. The normalized spacial score (nSPS) is 16.5. The molecule has 1 aliphatic carbocycles. The van der Waals surface area contributed by atoms with Gasteiger partial charge in [-0.1, -0.05) is 67.4 Å². The second-order valence-corrected chi connectivity index (χ2v) is 7.16. The highest BCUT2D eigenvalue weighted by atomic mass is 32.2. The highest BCUT2D eigenvalue weighted by molar-refractivity contribution is 8.00. The van der Waals surface area contributed by atoms with Crippen LogP contribution in [0.2, 0.25) is 0 Å². The highest BCUT2D eigenvalue weighted by Gasteiger charge is 2.26. The van der Waals surface area contributed by atoms with Crippen molar-refractivity contribution in [3.05, 3.63) is 60.2 Å². The molecule has 2 aromatic carbocycles. The molecular weight excluding hydrogens is 292 g/mol. The molecule has 0 unspecified atom stereocenters. The van der Waals surface area contributed by atoms with Crippen molar-refractivity contribution in [1.29, 1.82) is 0 Å². The van der Waals surface area contributed by atoms with Gasteiger partial charge in [-0.15, -0.1) is 11.8 Å². The molecule has 114 valence electrons. The lowest BCUT2D eigenvalue weighted by Gasteiger charge is -2.17. The molecule has 3 rings (SSSR count). The van der Waals surface area contributed by atoms with Gasteiger partial charge in [-0.05, 0) is 29.5 Å². The van der Waals surface area contributed by atoms with Crippen LogP contribution in [0.25, 0.3) is 11.1 Å². The van der Waals surface area contributed by atoms with Gasteiger partial charge in [-0.3, -0.25) is 4.79 Å². The fourth-order valence-corrected chi connectivity index (χ4v) is 4.40. The SMILES string of the molecule is O=C(O)[C@H](SC1CCCC1)c1ccc(-c2ccccc2)cc1. The first-order valence-corrected chi connectivity index (χ1v) is 8.72. The third-order valence-electron chi connectivity index (χ3n) is 4.18. The molecule has 1 fully saturated rings. The van der Waals surface area contributed by atoms with Gasteiger partial charge in [0.25, 0.3) is 0 Å². The zero-order valence-corrected chi connectivity index (χ0v) is 13.3. The summed E-state index contributed by atoms with van der Waals surface area (Å²) in [7, 11) is 0. The van der Waals surface area contributed by atoms with E-state index in [-0.39, 0.29) is 0 Å². The largest absolute Gasteiger partial charge is 0.480 e. The van der Waals surface area contributed by atoms with E-state index in [4.69, 9.17) is 0 Å². The second-order valence-electron chi connectivity index (χ2n) is 5.75. The summed E-state index contributed by atoms with van der Waals surface area (Å²) in [6, 6.07) is 18.1. The minimum atomic E-state index is -0.732. The van der Waals surface area contributed by atoms with Crippen molar-refractivity contribution in [2.75, 3.05) is 0 Å². The summed E-state index contributed by atoms with van der Waals surface area (Å²) < 4.78 is 0. The number of rotatable bonds is 5. The molecule has 1 saturated carbocycles. The van der Waals surface area contributed by atoms with E-state index >= 15 is 0 Å². The first-order chi connectivity index (χ1) is 10.7.